The summed E-state index contributed by atoms with van der Waals surface area (Å²) in [6, 6.07) is 0. The Labute approximate surface area is 105 Å². The maximum atomic E-state index is 7.00. The van der Waals surface area contributed by atoms with E-state index in [0.29, 0.717) is 0 Å². The van der Waals surface area contributed by atoms with Gasteiger partial charge in [0.2, 0.25) is 0 Å². The third kappa shape index (κ3) is 52.4. The molecule has 88 valence electrons. The average molecular weight is 261 g/mol. The first-order valence-corrected chi connectivity index (χ1v) is 6.94. The van der Waals surface area contributed by atoms with Crippen LogP contribution in [0.5, 0.6) is 0 Å². The Morgan fingerprint density at radius 2 is 1.29 bits per heavy atom. The first-order chi connectivity index (χ1) is 6.91. The third-order valence-electron chi connectivity index (χ3n) is 1.35. The molecule has 4 heteroatoms. The fourth-order valence-corrected chi connectivity index (χ4v) is 0.780. The van der Waals surface area contributed by atoms with Crippen molar-refractivity contribution in [1.29, 1.82) is 0 Å². The van der Waals surface area contributed by atoms with E-state index in [9.17, 15) is 0 Å². The van der Waals surface area contributed by atoms with Crippen molar-refractivity contribution in [2.45, 2.75) is 45.4 Å². The predicted molar refractivity (Wildman–Crippen MR) is 60.9 cm³/mol. The van der Waals surface area contributed by atoms with E-state index >= 15 is 0 Å². The van der Waals surface area contributed by atoms with E-state index < -0.39 is 0 Å². The van der Waals surface area contributed by atoms with Crippen LogP contribution in [0.4, 0.5) is 0 Å². The first-order valence-electron chi connectivity index (χ1n) is 4.79. The molecule has 0 bridgehead atoms. The summed E-state index contributed by atoms with van der Waals surface area (Å²) >= 11 is 1.47. The summed E-state index contributed by atoms with van der Waals surface area (Å²) in [6.07, 6.45) is 7.98. The van der Waals surface area contributed by atoms with Crippen LogP contribution in [0, 0.1) is 6.92 Å². The second-order valence-electron chi connectivity index (χ2n) is 2.27. The van der Waals surface area contributed by atoms with E-state index in [0.717, 1.165) is 20.6 Å². The minimum absolute atomic E-state index is 1.00. The van der Waals surface area contributed by atoms with Gasteiger partial charge in [-0.05, 0) is 0 Å². The molecule has 0 aromatic heterocycles. The van der Waals surface area contributed by atoms with E-state index in [1.54, 1.807) is 0 Å². The van der Waals surface area contributed by atoms with Crippen LogP contribution in [0.3, 0.4) is 0 Å². The molecule has 2 nitrogen and oxygen atoms in total. The molecule has 0 fully saturated rings. The normalized spacial score (nSPS) is 6.71. The molecule has 0 saturated heterocycles. The Kier molecular flexibility index (Phi) is 84.0. The number of hydrogen-bond acceptors (Lipinski definition) is 2. The van der Waals surface area contributed by atoms with Crippen LogP contribution in [-0.2, 0) is 19.4 Å². The Bertz CT molecular complexity index is 43.1. The number of aliphatic hydroxyl groups excluding tert-OH is 2. The van der Waals surface area contributed by atoms with Crippen LogP contribution < -0.4 is 0 Å². The number of aliphatic hydroxyl groups is 2. The summed E-state index contributed by atoms with van der Waals surface area (Å²) in [5, 5.41) is 14.0. The molecule has 0 amide bonds. The number of hydrogen-bond donors (Lipinski definition) is 2. The molecule has 0 rings (SSSR count). The van der Waals surface area contributed by atoms with Crippen LogP contribution in [0.25, 0.3) is 0 Å². The monoisotopic (exact) mass is 260 g/mol. The zero-order valence-electron chi connectivity index (χ0n) is 9.72. The Hall–Kier alpha value is 0.924. The topological polar surface area (TPSA) is 40.5 Å². The second-order valence-corrected chi connectivity index (χ2v) is 2.27. The predicted octanol–water partition coefficient (Wildman–Crippen LogP) is 3.08. The van der Waals surface area contributed by atoms with Gasteiger partial charge in [-0.1, -0.05) is 39.0 Å². The van der Waals surface area contributed by atoms with Gasteiger partial charge in [0.25, 0.3) is 0 Å². The van der Waals surface area contributed by atoms with E-state index in [2.05, 4.69) is 23.2 Å². The van der Waals surface area contributed by atoms with Crippen molar-refractivity contribution in [3.8, 4) is 0 Å². The Morgan fingerprint density at radius 1 is 0.929 bits per heavy atom. The fraction of sp³-hybridized carbons (Fsp3) is 0.900. The Morgan fingerprint density at radius 3 is 1.57 bits per heavy atom. The van der Waals surface area contributed by atoms with Crippen LogP contribution in [-0.4, -0.2) is 24.4 Å². The van der Waals surface area contributed by atoms with Gasteiger partial charge >= 0.3 is 28.7 Å². The van der Waals surface area contributed by atoms with Crippen molar-refractivity contribution < 1.29 is 29.6 Å². The van der Waals surface area contributed by atoms with Gasteiger partial charge in [0, 0.05) is 14.2 Å². The van der Waals surface area contributed by atoms with Gasteiger partial charge in [-0.15, -0.1) is 0 Å². The molecule has 0 saturated carbocycles. The Balaban J connectivity index is -0.0000000708. The molecular weight excluding hydrogens is 235 g/mol. The van der Waals surface area contributed by atoms with Gasteiger partial charge in [-0.25, -0.2) is 0 Å². The standard InChI is InChI=1S/C8H17.2CH4O.ClH.Ti/c1-3-5-7-8-6-4-2;2*1-2;;/h1,3-8H2,2H3;2*2H,1H3;1H;/q-1;;;;+2/p-1. The molecule has 0 aromatic carbocycles. The SMILES string of the molecule is CO.CO.[CH2-]CCCCCCC.[Cl][Ti+]. The van der Waals surface area contributed by atoms with E-state index in [-0.39, 0.29) is 0 Å². The molecule has 0 aliphatic heterocycles. The summed E-state index contributed by atoms with van der Waals surface area (Å²) in [6.45, 7) is 6.02. The zero-order chi connectivity index (χ0) is 12.2. The summed E-state index contributed by atoms with van der Waals surface area (Å²) in [5.74, 6) is 0. The van der Waals surface area contributed by atoms with Crippen LogP contribution in [0.2, 0.25) is 0 Å². The quantitative estimate of drug-likeness (QED) is 0.453. The summed E-state index contributed by atoms with van der Waals surface area (Å²) < 4.78 is 0. The van der Waals surface area contributed by atoms with Crippen molar-refractivity contribution in [3.63, 3.8) is 0 Å². The number of halogens is 1. The molecule has 14 heavy (non-hydrogen) atoms. The number of rotatable bonds is 5. The summed E-state index contributed by atoms with van der Waals surface area (Å²) in [7, 11) is 6.64. The molecule has 0 aromatic rings. The third-order valence-corrected chi connectivity index (χ3v) is 1.35. The molecule has 0 radical (unpaired) electrons. The molecule has 0 heterocycles. The minimum atomic E-state index is 1.00. The maximum absolute atomic E-state index is 7.00. The van der Waals surface area contributed by atoms with Gasteiger partial charge < -0.3 is 17.1 Å². The molecule has 0 atom stereocenters. The van der Waals surface area contributed by atoms with Gasteiger partial charge in [-0.3, -0.25) is 0 Å². The molecule has 0 aliphatic rings. The molecule has 0 spiro atoms. The first kappa shape index (κ1) is 24.2. The van der Waals surface area contributed by atoms with E-state index in [1.807, 2.05) is 0 Å². The van der Waals surface area contributed by atoms with Gasteiger partial charge in [0.1, 0.15) is 0 Å². The van der Waals surface area contributed by atoms with Crippen molar-refractivity contribution in [3.05, 3.63) is 6.92 Å². The molecule has 2 N–H and O–H groups in total. The van der Waals surface area contributed by atoms with Gasteiger partial charge in [0.05, 0.1) is 0 Å². The van der Waals surface area contributed by atoms with Crippen molar-refractivity contribution in [2.75, 3.05) is 14.2 Å². The van der Waals surface area contributed by atoms with E-state index in [4.69, 9.17) is 10.2 Å². The summed E-state index contributed by atoms with van der Waals surface area (Å²) in [5.41, 5.74) is 0. The van der Waals surface area contributed by atoms with Crippen LogP contribution >= 0.6 is 9.30 Å². The zero-order valence-corrected chi connectivity index (χ0v) is 12.0. The summed E-state index contributed by atoms with van der Waals surface area (Å²) in [4.78, 5) is 0. The van der Waals surface area contributed by atoms with Gasteiger partial charge in [0.15, 0.2) is 0 Å². The van der Waals surface area contributed by atoms with E-state index in [1.165, 1.54) is 51.5 Å². The molecular formula is C10H25ClO2Ti. The fourth-order valence-electron chi connectivity index (χ4n) is 0.780. The van der Waals surface area contributed by atoms with Crippen molar-refractivity contribution in [2.24, 2.45) is 0 Å². The van der Waals surface area contributed by atoms with Crippen LogP contribution in [0.15, 0.2) is 0 Å². The molecule has 0 unspecified atom stereocenters. The average Bonchev–Trinajstić information content (AvgIpc) is 2.33. The van der Waals surface area contributed by atoms with Crippen LogP contribution in [0.1, 0.15) is 45.4 Å². The second kappa shape index (κ2) is 48.5. The molecule has 0 aliphatic carbocycles. The number of unbranched alkanes of at least 4 members (excludes halogenated alkanes) is 5. The van der Waals surface area contributed by atoms with Gasteiger partial charge in [-0.2, -0.15) is 6.42 Å². The van der Waals surface area contributed by atoms with Crippen molar-refractivity contribution in [1.82, 2.24) is 0 Å². The van der Waals surface area contributed by atoms with Crippen molar-refractivity contribution >= 4 is 9.30 Å².